The highest BCUT2D eigenvalue weighted by molar-refractivity contribution is 6.00. The van der Waals surface area contributed by atoms with Crippen molar-refractivity contribution in [2.45, 2.75) is 12.5 Å². The molecule has 0 aliphatic heterocycles. The lowest BCUT2D eigenvalue weighted by molar-refractivity contribution is 0.0961. The predicted molar refractivity (Wildman–Crippen MR) is 68.9 cm³/mol. The Labute approximate surface area is 101 Å². The zero-order valence-electron chi connectivity index (χ0n) is 9.54. The number of nitrogens with two attached hydrogens (primary N) is 1. The highest BCUT2D eigenvalue weighted by Gasteiger charge is 2.15. The lowest BCUT2D eigenvalue weighted by atomic mass is 9.98. The van der Waals surface area contributed by atoms with Crippen LogP contribution in [0.3, 0.4) is 0 Å². The number of Topliss-reactive ketones (excluding diaryl/α,β-unsaturated/α-hetero) is 1. The van der Waals surface area contributed by atoms with Crippen molar-refractivity contribution in [3.63, 3.8) is 0 Å². The molecule has 2 nitrogen and oxygen atoms in total. The van der Waals surface area contributed by atoms with E-state index >= 15 is 0 Å². The standard InChI is InChI=1S/C15H15NO/c16-14(11-12-7-3-1-4-8-12)15(17)13-9-5-2-6-10-13/h1-10,14H,11,16H2/t14-/m0/s1. The van der Waals surface area contributed by atoms with E-state index in [9.17, 15) is 4.79 Å². The van der Waals surface area contributed by atoms with E-state index < -0.39 is 6.04 Å². The van der Waals surface area contributed by atoms with Gasteiger partial charge in [0.25, 0.3) is 0 Å². The van der Waals surface area contributed by atoms with Gasteiger partial charge in [0.1, 0.15) is 0 Å². The van der Waals surface area contributed by atoms with Gasteiger partial charge in [-0.15, -0.1) is 0 Å². The first-order valence-corrected chi connectivity index (χ1v) is 5.66. The maximum absolute atomic E-state index is 12.0. The van der Waals surface area contributed by atoms with E-state index in [0.717, 1.165) is 5.56 Å². The molecule has 2 aromatic carbocycles. The van der Waals surface area contributed by atoms with Crippen molar-refractivity contribution in [3.05, 3.63) is 71.8 Å². The topological polar surface area (TPSA) is 43.1 Å². The molecule has 17 heavy (non-hydrogen) atoms. The fourth-order valence-electron chi connectivity index (χ4n) is 1.78. The Bertz CT molecular complexity index is 479. The third-order valence-electron chi connectivity index (χ3n) is 2.69. The Morgan fingerprint density at radius 3 is 2.06 bits per heavy atom. The lowest BCUT2D eigenvalue weighted by Gasteiger charge is -2.10. The second-order valence-corrected chi connectivity index (χ2v) is 4.03. The fraction of sp³-hybridized carbons (Fsp3) is 0.133. The van der Waals surface area contributed by atoms with E-state index in [4.69, 9.17) is 5.73 Å². The Hall–Kier alpha value is -1.93. The van der Waals surface area contributed by atoms with Crippen LogP contribution in [0, 0.1) is 0 Å². The van der Waals surface area contributed by atoms with Crippen LogP contribution in [0.1, 0.15) is 15.9 Å². The van der Waals surface area contributed by atoms with Crippen molar-refractivity contribution in [2.24, 2.45) is 5.73 Å². The van der Waals surface area contributed by atoms with E-state index in [1.165, 1.54) is 0 Å². The normalized spacial score (nSPS) is 12.1. The van der Waals surface area contributed by atoms with E-state index in [-0.39, 0.29) is 5.78 Å². The third-order valence-corrected chi connectivity index (χ3v) is 2.69. The highest BCUT2D eigenvalue weighted by atomic mass is 16.1. The second-order valence-electron chi connectivity index (χ2n) is 4.03. The smallest absolute Gasteiger partial charge is 0.179 e. The minimum Gasteiger partial charge on any atom is -0.321 e. The van der Waals surface area contributed by atoms with E-state index in [0.29, 0.717) is 12.0 Å². The van der Waals surface area contributed by atoms with Crippen molar-refractivity contribution in [1.82, 2.24) is 0 Å². The van der Waals surface area contributed by atoms with Gasteiger partial charge in [0.05, 0.1) is 6.04 Å². The number of hydrogen-bond acceptors (Lipinski definition) is 2. The Morgan fingerprint density at radius 2 is 1.47 bits per heavy atom. The molecule has 0 fully saturated rings. The molecule has 2 heteroatoms. The number of carbonyl (C=O) groups is 1. The van der Waals surface area contributed by atoms with Crippen LogP contribution in [-0.2, 0) is 6.42 Å². The molecular weight excluding hydrogens is 210 g/mol. The summed E-state index contributed by atoms with van der Waals surface area (Å²) in [5, 5.41) is 0. The molecule has 1 atom stereocenters. The van der Waals surface area contributed by atoms with E-state index in [1.54, 1.807) is 12.1 Å². The minimum atomic E-state index is -0.472. The maximum atomic E-state index is 12.0. The monoisotopic (exact) mass is 225 g/mol. The summed E-state index contributed by atoms with van der Waals surface area (Å²) in [6.07, 6.45) is 0.578. The first-order valence-electron chi connectivity index (χ1n) is 5.66. The Kier molecular flexibility index (Phi) is 3.68. The van der Waals surface area contributed by atoms with Gasteiger partial charge in [0, 0.05) is 5.56 Å². The molecule has 0 amide bonds. The summed E-state index contributed by atoms with van der Waals surface area (Å²) in [4.78, 5) is 12.0. The van der Waals surface area contributed by atoms with Gasteiger partial charge in [-0.25, -0.2) is 0 Å². The zero-order valence-corrected chi connectivity index (χ0v) is 9.54. The molecule has 0 heterocycles. The van der Waals surface area contributed by atoms with Gasteiger partial charge in [0.15, 0.2) is 5.78 Å². The summed E-state index contributed by atoms with van der Waals surface area (Å²) in [5.41, 5.74) is 7.70. The van der Waals surface area contributed by atoms with Crippen molar-refractivity contribution in [3.8, 4) is 0 Å². The van der Waals surface area contributed by atoms with Crippen LogP contribution < -0.4 is 5.73 Å². The first-order chi connectivity index (χ1) is 8.27. The Balaban J connectivity index is 2.06. The van der Waals surface area contributed by atoms with Crippen LogP contribution in [0.5, 0.6) is 0 Å². The van der Waals surface area contributed by atoms with E-state index in [2.05, 4.69) is 0 Å². The summed E-state index contributed by atoms with van der Waals surface area (Å²) >= 11 is 0. The molecule has 2 N–H and O–H groups in total. The van der Waals surface area contributed by atoms with Gasteiger partial charge < -0.3 is 5.73 Å². The van der Waals surface area contributed by atoms with Crippen LogP contribution in [0.15, 0.2) is 60.7 Å². The molecule has 0 unspecified atom stereocenters. The largest absolute Gasteiger partial charge is 0.321 e. The van der Waals surface area contributed by atoms with Crippen LogP contribution >= 0.6 is 0 Å². The minimum absolute atomic E-state index is 0.00514. The van der Waals surface area contributed by atoms with Crippen LogP contribution in [0.4, 0.5) is 0 Å². The molecule has 0 radical (unpaired) electrons. The molecule has 86 valence electrons. The molecule has 0 spiro atoms. The van der Waals surface area contributed by atoms with Crippen molar-refractivity contribution in [2.75, 3.05) is 0 Å². The molecular formula is C15H15NO. The number of carbonyl (C=O) groups excluding carboxylic acids is 1. The number of rotatable bonds is 4. The predicted octanol–water partition coefficient (Wildman–Crippen LogP) is 2.44. The zero-order chi connectivity index (χ0) is 12.1. The third kappa shape index (κ3) is 3.02. The summed E-state index contributed by atoms with van der Waals surface area (Å²) in [6.45, 7) is 0. The number of hydrogen-bond donors (Lipinski definition) is 1. The lowest BCUT2D eigenvalue weighted by Crippen LogP contribution is -2.32. The van der Waals surface area contributed by atoms with Crippen LogP contribution in [0.25, 0.3) is 0 Å². The number of benzene rings is 2. The summed E-state index contributed by atoms with van der Waals surface area (Å²) in [7, 11) is 0. The quantitative estimate of drug-likeness (QED) is 0.812. The van der Waals surface area contributed by atoms with Gasteiger partial charge in [-0.05, 0) is 12.0 Å². The molecule has 0 aliphatic carbocycles. The van der Waals surface area contributed by atoms with Gasteiger partial charge in [-0.1, -0.05) is 60.7 Å². The summed E-state index contributed by atoms with van der Waals surface area (Å²) in [5.74, 6) is -0.00514. The fourth-order valence-corrected chi connectivity index (χ4v) is 1.78. The summed E-state index contributed by atoms with van der Waals surface area (Å²) in [6, 6.07) is 18.5. The molecule has 0 saturated carbocycles. The first kappa shape index (κ1) is 11.6. The average Bonchev–Trinajstić information content (AvgIpc) is 2.40. The average molecular weight is 225 g/mol. The highest BCUT2D eigenvalue weighted by Crippen LogP contribution is 2.07. The molecule has 0 saturated heterocycles. The van der Waals surface area contributed by atoms with Crippen LogP contribution in [0.2, 0.25) is 0 Å². The van der Waals surface area contributed by atoms with Gasteiger partial charge >= 0.3 is 0 Å². The van der Waals surface area contributed by atoms with Gasteiger partial charge in [-0.3, -0.25) is 4.79 Å². The van der Waals surface area contributed by atoms with Gasteiger partial charge in [-0.2, -0.15) is 0 Å². The van der Waals surface area contributed by atoms with Crippen molar-refractivity contribution < 1.29 is 4.79 Å². The van der Waals surface area contributed by atoms with Crippen LogP contribution in [-0.4, -0.2) is 11.8 Å². The molecule has 2 rings (SSSR count). The second kappa shape index (κ2) is 5.41. The molecule has 2 aromatic rings. The molecule has 0 aliphatic rings. The molecule has 0 aromatic heterocycles. The van der Waals surface area contributed by atoms with Gasteiger partial charge in [0.2, 0.25) is 0 Å². The van der Waals surface area contributed by atoms with E-state index in [1.807, 2.05) is 48.5 Å². The van der Waals surface area contributed by atoms with Crippen molar-refractivity contribution >= 4 is 5.78 Å². The van der Waals surface area contributed by atoms with Crippen molar-refractivity contribution in [1.29, 1.82) is 0 Å². The SMILES string of the molecule is N[C@@H](Cc1ccccc1)C(=O)c1ccccc1. The summed E-state index contributed by atoms with van der Waals surface area (Å²) < 4.78 is 0. The Morgan fingerprint density at radius 1 is 0.941 bits per heavy atom. The molecule has 0 bridgehead atoms. The maximum Gasteiger partial charge on any atom is 0.179 e. The number of ketones is 1.